The predicted octanol–water partition coefficient (Wildman–Crippen LogP) is 3.36. The van der Waals surface area contributed by atoms with E-state index in [9.17, 15) is 0 Å². The molecule has 3 aromatic heterocycles. The largest absolute Gasteiger partial charge is 0.265 e. The SMILES string of the molecule is Cc1cc(Cc2ccncc2)nc(Cc2ccccn2)c1. The normalized spacial score (nSPS) is 10.5. The first-order chi connectivity index (χ1) is 10.3. The summed E-state index contributed by atoms with van der Waals surface area (Å²) >= 11 is 0. The monoisotopic (exact) mass is 275 g/mol. The number of nitrogens with zero attached hydrogens (tertiary/aromatic N) is 3. The molecule has 0 aliphatic carbocycles. The van der Waals surface area contributed by atoms with E-state index in [0.717, 1.165) is 29.9 Å². The Balaban J connectivity index is 1.83. The van der Waals surface area contributed by atoms with Crippen molar-refractivity contribution in [2.24, 2.45) is 0 Å². The van der Waals surface area contributed by atoms with Crippen LogP contribution in [0.1, 0.15) is 28.2 Å². The van der Waals surface area contributed by atoms with Crippen LogP contribution in [0.5, 0.6) is 0 Å². The molecule has 0 spiro atoms. The lowest BCUT2D eigenvalue weighted by Gasteiger charge is -2.07. The number of hydrogen-bond donors (Lipinski definition) is 0. The lowest BCUT2D eigenvalue weighted by atomic mass is 10.1. The molecule has 0 aromatic carbocycles. The number of aromatic nitrogens is 3. The Morgan fingerprint density at radius 3 is 2.29 bits per heavy atom. The van der Waals surface area contributed by atoms with Gasteiger partial charge in [0.05, 0.1) is 0 Å². The molecule has 0 aliphatic rings. The first-order valence-corrected chi connectivity index (χ1v) is 7.05. The van der Waals surface area contributed by atoms with Crippen LogP contribution >= 0.6 is 0 Å². The van der Waals surface area contributed by atoms with E-state index in [2.05, 4.69) is 29.0 Å². The zero-order valence-corrected chi connectivity index (χ0v) is 12.0. The first-order valence-electron chi connectivity index (χ1n) is 7.05. The number of hydrogen-bond acceptors (Lipinski definition) is 3. The van der Waals surface area contributed by atoms with Crippen LogP contribution in [0, 0.1) is 6.92 Å². The fraction of sp³-hybridized carbons (Fsp3) is 0.167. The molecule has 104 valence electrons. The highest BCUT2D eigenvalue weighted by atomic mass is 14.7. The van der Waals surface area contributed by atoms with Crippen molar-refractivity contribution in [3.8, 4) is 0 Å². The molecule has 3 aromatic rings. The van der Waals surface area contributed by atoms with E-state index >= 15 is 0 Å². The van der Waals surface area contributed by atoms with E-state index in [1.807, 2.05) is 48.9 Å². The maximum absolute atomic E-state index is 4.76. The molecule has 0 atom stereocenters. The van der Waals surface area contributed by atoms with E-state index in [0.29, 0.717) is 0 Å². The molecule has 21 heavy (non-hydrogen) atoms. The minimum Gasteiger partial charge on any atom is -0.265 e. The molecule has 0 bridgehead atoms. The van der Waals surface area contributed by atoms with Crippen LogP contribution in [0.4, 0.5) is 0 Å². The van der Waals surface area contributed by atoms with Crippen molar-refractivity contribution in [3.63, 3.8) is 0 Å². The van der Waals surface area contributed by atoms with Crippen molar-refractivity contribution >= 4 is 0 Å². The molecule has 0 saturated carbocycles. The molecule has 0 radical (unpaired) electrons. The summed E-state index contributed by atoms with van der Waals surface area (Å²) in [4.78, 5) is 13.2. The van der Waals surface area contributed by atoms with Gasteiger partial charge in [-0.05, 0) is 54.4 Å². The van der Waals surface area contributed by atoms with Crippen LogP contribution < -0.4 is 0 Å². The predicted molar refractivity (Wildman–Crippen MR) is 83.1 cm³/mol. The minimum absolute atomic E-state index is 0.770. The van der Waals surface area contributed by atoms with Crippen LogP contribution in [0.3, 0.4) is 0 Å². The van der Waals surface area contributed by atoms with Crippen LogP contribution in [0.2, 0.25) is 0 Å². The summed E-state index contributed by atoms with van der Waals surface area (Å²) in [6.07, 6.45) is 7.06. The Bertz CT molecular complexity index is 649. The quantitative estimate of drug-likeness (QED) is 0.733. The van der Waals surface area contributed by atoms with Gasteiger partial charge < -0.3 is 0 Å². The highest BCUT2D eigenvalue weighted by Crippen LogP contribution is 2.12. The van der Waals surface area contributed by atoms with E-state index in [-0.39, 0.29) is 0 Å². The molecule has 0 N–H and O–H groups in total. The number of rotatable bonds is 4. The Kier molecular flexibility index (Phi) is 4.01. The van der Waals surface area contributed by atoms with Crippen molar-refractivity contribution < 1.29 is 0 Å². The average molecular weight is 275 g/mol. The molecule has 0 unspecified atom stereocenters. The molecule has 3 nitrogen and oxygen atoms in total. The number of aryl methyl sites for hydroxylation is 1. The van der Waals surface area contributed by atoms with Crippen LogP contribution in [-0.2, 0) is 12.8 Å². The van der Waals surface area contributed by atoms with Crippen molar-refractivity contribution in [3.05, 3.63) is 89.3 Å². The molecule has 0 amide bonds. The number of pyridine rings is 3. The van der Waals surface area contributed by atoms with Gasteiger partial charge >= 0.3 is 0 Å². The molecule has 0 fully saturated rings. The summed E-state index contributed by atoms with van der Waals surface area (Å²) in [5.74, 6) is 0. The zero-order valence-electron chi connectivity index (χ0n) is 12.0. The Labute approximate surface area is 124 Å². The maximum atomic E-state index is 4.76. The fourth-order valence-electron chi connectivity index (χ4n) is 2.40. The van der Waals surface area contributed by atoms with Crippen LogP contribution in [0.25, 0.3) is 0 Å². The topological polar surface area (TPSA) is 38.7 Å². The summed E-state index contributed by atoms with van der Waals surface area (Å²) in [5.41, 5.74) is 5.67. The van der Waals surface area contributed by atoms with Crippen LogP contribution in [0.15, 0.2) is 61.1 Å². The summed E-state index contributed by atoms with van der Waals surface area (Å²) in [6.45, 7) is 2.11. The van der Waals surface area contributed by atoms with E-state index in [1.165, 1.54) is 11.1 Å². The smallest absolute Gasteiger partial charge is 0.0469 e. The molecule has 3 rings (SSSR count). The second-order valence-electron chi connectivity index (χ2n) is 5.16. The van der Waals surface area contributed by atoms with Crippen molar-refractivity contribution in [2.45, 2.75) is 19.8 Å². The maximum Gasteiger partial charge on any atom is 0.0469 e. The van der Waals surface area contributed by atoms with Gasteiger partial charge in [0, 0.05) is 48.5 Å². The van der Waals surface area contributed by atoms with E-state index in [4.69, 9.17) is 4.98 Å². The summed E-state index contributed by atoms with van der Waals surface area (Å²) in [6, 6.07) is 14.3. The Morgan fingerprint density at radius 2 is 1.57 bits per heavy atom. The molecular weight excluding hydrogens is 258 g/mol. The lowest BCUT2D eigenvalue weighted by Crippen LogP contribution is -2.00. The molecule has 3 heterocycles. The van der Waals surface area contributed by atoms with Gasteiger partial charge in [0.25, 0.3) is 0 Å². The Morgan fingerprint density at radius 1 is 0.810 bits per heavy atom. The lowest BCUT2D eigenvalue weighted by molar-refractivity contribution is 0.956. The zero-order chi connectivity index (χ0) is 14.5. The fourth-order valence-corrected chi connectivity index (χ4v) is 2.40. The van der Waals surface area contributed by atoms with Gasteiger partial charge in [-0.1, -0.05) is 6.07 Å². The highest BCUT2D eigenvalue weighted by Gasteiger charge is 2.04. The second-order valence-corrected chi connectivity index (χ2v) is 5.16. The van der Waals surface area contributed by atoms with Gasteiger partial charge in [0.15, 0.2) is 0 Å². The van der Waals surface area contributed by atoms with Gasteiger partial charge in [0.2, 0.25) is 0 Å². The highest BCUT2D eigenvalue weighted by molar-refractivity contribution is 5.27. The van der Waals surface area contributed by atoms with Crippen molar-refractivity contribution in [1.82, 2.24) is 15.0 Å². The van der Waals surface area contributed by atoms with Crippen molar-refractivity contribution in [1.29, 1.82) is 0 Å². The summed E-state index contributed by atoms with van der Waals surface area (Å²) < 4.78 is 0. The van der Waals surface area contributed by atoms with Gasteiger partial charge in [-0.3, -0.25) is 15.0 Å². The first kappa shape index (κ1) is 13.4. The summed E-state index contributed by atoms with van der Waals surface area (Å²) in [7, 11) is 0. The second kappa shape index (κ2) is 6.27. The standard InChI is InChI=1S/C18H17N3/c1-14-10-17(12-15-5-8-19-9-6-15)21-18(11-14)13-16-4-2-3-7-20-16/h2-11H,12-13H2,1H3. The third kappa shape index (κ3) is 3.72. The molecule has 0 saturated heterocycles. The van der Waals surface area contributed by atoms with Gasteiger partial charge in [0.1, 0.15) is 0 Å². The van der Waals surface area contributed by atoms with Gasteiger partial charge in [-0.25, -0.2) is 0 Å². The van der Waals surface area contributed by atoms with Gasteiger partial charge in [-0.2, -0.15) is 0 Å². The third-order valence-corrected chi connectivity index (χ3v) is 3.30. The minimum atomic E-state index is 0.770. The van der Waals surface area contributed by atoms with Gasteiger partial charge in [-0.15, -0.1) is 0 Å². The third-order valence-electron chi connectivity index (χ3n) is 3.30. The molecule has 0 aliphatic heterocycles. The van der Waals surface area contributed by atoms with Crippen LogP contribution in [-0.4, -0.2) is 15.0 Å². The Hall–Kier alpha value is -2.55. The summed E-state index contributed by atoms with van der Waals surface area (Å²) in [5, 5.41) is 0. The van der Waals surface area contributed by atoms with Crippen molar-refractivity contribution in [2.75, 3.05) is 0 Å². The van der Waals surface area contributed by atoms with E-state index < -0.39 is 0 Å². The average Bonchev–Trinajstić information content (AvgIpc) is 2.48. The molecule has 3 heteroatoms. The van der Waals surface area contributed by atoms with E-state index in [1.54, 1.807) is 0 Å². The molecular formula is C18H17N3.